The molecule has 0 amide bonds. The Bertz CT molecular complexity index is 572. The van der Waals surface area contributed by atoms with E-state index in [0.29, 0.717) is 6.54 Å². The van der Waals surface area contributed by atoms with Crippen molar-refractivity contribution in [3.8, 4) is 5.75 Å². The van der Waals surface area contributed by atoms with Crippen LogP contribution >= 0.6 is 15.9 Å². The highest BCUT2D eigenvalue weighted by molar-refractivity contribution is 9.10. The third-order valence-electron chi connectivity index (χ3n) is 3.05. The molecule has 3 nitrogen and oxygen atoms in total. The quantitative estimate of drug-likeness (QED) is 0.907. The average Bonchev–Trinajstić information content (AvgIpc) is 2.45. The van der Waals surface area contributed by atoms with Gasteiger partial charge in [0.05, 0.1) is 0 Å². The smallest absolute Gasteiger partial charge is 0.136 e. The molecule has 2 aromatic carbocycles. The molecule has 0 radical (unpaired) electrons. The standard InChI is InChI=1S/C16H19BrN2O/c1-19(2)14-7-4-8-15(10-14)20-16(11-18)12-5-3-6-13(17)9-12/h3-10,16H,11,18H2,1-2H3. The molecule has 1 unspecified atom stereocenters. The lowest BCUT2D eigenvalue weighted by atomic mass is 10.1. The Kier molecular flexibility index (Phi) is 5.04. The summed E-state index contributed by atoms with van der Waals surface area (Å²) in [6.45, 7) is 0.433. The molecule has 1 atom stereocenters. The number of hydrogen-bond acceptors (Lipinski definition) is 3. The summed E-state index contributed by atoms with van der Waals surface area (Å²) in [6.07, 6.45) is -0.148. The Morgan fingerprint density at radius 1 is 1.15 bits per heavy atom. The second-order valence-electron chi connectivity index (χ2n) is 4.79. The maximum atomic E-state index is 6.02. The summed E-state index contributed by atoms with van der Waals surface area (Å²) in [5.41, 5.74) is 8.02. The lowest BCUT2D eigenvalue weighted by Gasteiger charge is -2.20. The number of anilines is 1. The van der Waals surface area contributed by atoms with Crippen LogP contribution in [0.4, 0.5) is 5.69 Å². The van der Waals surface area contributed by atoms with Crippen LogP contribution in [0.2, 0.25) is 0 Å². The normalized spacial score (nSPS) is 12.0. The van der Waals surface area contributed by atoms with Gasteiger partial charge in [-0.25, -0.2) is 0 Å². The molecule has 0 aliphatic rings. The van der Waals surface area contributed by atoms with Crippen LogP contribution in [-0.4, -0.2) is 20.6 Å². The molecule has 106 valence electrons. The van der Waals surface area contributed by atoms with Crippen LogP contribution in [0.15, 0.2) is 53.0 Å². The molecule has 20 heavy (non-hydrogen) atoms. The second kappa shape index (κ2) is 6.77. The number of nitrogens with zero attached hydrogens (tertiary/aromatic N) is 1. The van der Waals surface area contributed by atoms with E-state index in [0.717, 1.165) is 21.5 Å². The molecule has 0 heterocycles. The minimum absolute atomic E-state index is 0.148. The molecular formula is C16H19BrN2O. The van der Waals surface area contributed by atoms with Crippen LogP contribution in [0.1, 0.15) is 11.7 Å². The van der Waals surface area contributed by atoms with Crippen LogP contribution in [-0.2, 0) is 0 Å². The van der Waals surface area contributed by atoms with E-state index in [9.17, 15) is 0 Å². The van der Waals surface area contributed by atoms with Gasteiger partial charge in [-0.05, 0) is 29.8 Å². The van der Waals surface area contributed by atoms with Gasteiger partial charge in [0.1, 0.15) is 11.9 Å². The minimum atomic E-state index is -0.148. The number of rotatable bonds is 5. The van der Waals surface area contributed by atoms with Crippen molar-refractivity contribution in [1.82, 2.24) is 0 Å². The maximum absolute atomic E-state index is 6.02. The van der Waals surface area contributed by atoms with E-state index in [1.54, 1.807) is 0 Å². The lowest BCUT2D eigenvalue weighted by Crippen LogP contribution is -2.18. The summed E-state index contributed by atoms with van der Waals surface area (Å²) in [7, 11) is 4.02. The van der Waals surface area contributed by atoms with Crippen LogP contribution in [0, 0.1) is 0 Å². The molecule has 0 bridgehead atoms. The van der Waals surface area contributed by atoms with Crippen molar-refractivity contribution < 1.29 is 4.74 Å². The van der Waals surface area contributed by atoms with E-state index in [4.69, 9.17) is 10.5 Å². The van der Waals surface area contributed by atoms with Crippen molar-refractivity contribution in [3.63, 3.8) is 0 Å². The molecule has 0 aliphatic carbocycles. The van der Waals surface area contributed by atoms with E-state index in [1.165, 1.54) is 0 Å². The molecule has 2 aromatic rings. The number of nitrogens with two attached hydrogens (primary N) is 1. The van der Waals surface area contributed by atoms with Crippen LogP contribution in [0.5, 0.6) is 5.75 Å². The first-order chi connectivity index (χ1) is 9.60. The van der Waals surface area contributed by atoms with Gasteiger partial charge in [-0.3, -0.25) is 0 Å². The highest BCUT2D eigenvalue weighted by Crippen LogP contribution is 2.26. The molecule has 0 aromatic heterocycles. The zero-order valence-electron chi connectivity index (χ0n) is 11.7. The van der Waals surface area contributed by atoms with E-state index in [2.05, 4.69) is 15.9 Å². The van der Waals surface area contributed by atoms with Crippen molar-refractivity contribution in [2.24, 2.45) is 5.73 Å². The fourth-order valence-electron chi connectivity index (χ4n) is 1.96. The average molecular weight is 335 g/mol. The van der Waals surface area contributed by atoms with Gasteiger partial charge in [0, 0.05) is 36.9 Å². The number of ether oxygens (including phenoxy) is 1. The Morgan fingerprint density at radius 3 is 2.55 bits per heavy atom. The van der Waals surface area contributed by atoms with E-state index < -0.39 is 0 Å². The molecular weight excluding hydrogens is 316 g/mol. The molecule has 0 aliphatic heterocycles. The highest BCUT2D eigenvalue weighted by atomic mass is 79.9. The monoisotopic (exact) mass is 334 g/mol. The molecule has 0 saturated carbocycles. The highest BCUT2D eigenvalue weighted by Gasteiger charge is 2.12. The second-order valence-corrected chi connectivity index (χ2v) is 5.70. The van der Waals surface area contributed by atoms with Crippen molar-refractivity contribution in [1.29, 1.82) is 0 Å². The predicted molar refractivity (Wildman–Crippen MR) is 87.3 cm³/mol. The van der Waals surface area contributed by atoms with Gasteiger partial charge in [-0.15, -0.1) is 0 Å². The maximum Gasteiger partial charge on any atom is 0.136 e. The van der Waals surface area contributed by atoms with E-state index >= 15 is 0 Å². The third kappa shape index (κ3) is 3.74. The number of benzene rings is 2. The molecule has 4 heteroatoms. The SMILES string of the molecule is CN(C)c1cccc(OC(CN)c2cccc(Br)c2)c1. The van der Waals surface area contributed by atoms with Crippen molar-refractivity contribution >= 4 is 21.6 Å². The largest absolute Gasteiger partial charge is 0.484 e. The van der Waals surface area contributed by atoms with E-state index in [-0.39, 0.29) is 6.10 Å². The Morgan fingerprint density at radius 2 is 1.90 bits per heavy atom. The molecule has 0 spiro atoms. The first kappa shape index (κ1) is 14.9. The first-order valence-electron chi connectivity index (χ1n) is 6.49. The molecule has 2 rings (SSSR count). The van der Waals surface area contributed by atoms with Gasteiger partial charge in [-0.2, -0.15) is 0 Å². The van der Waals surface area contributed by atoms with Crippen molar-refractivity contribution in [3.05, 3.63) is 58.6 Å². The van der Waals surface area contributed by atoms with Gasteiger partial charge >= 0.3 is 0 Å². The summed E-state index contributed by atoms with van der Waals surface area (Å²) in [6, 6.07) is 16.0. The fourth-order valence-corrected chi connectivity index (χ4v) is 2.38. The Hall–Kier alpha value is -1.52. The Balaban J connectivity index is 2.20. The van der Waals surface area contributed by atoms with Crippen molar-refractivity contribution in [2.45, 2.75) is 6.10 Å². The Labute approximate surface area is 128 Å². The van der Waals surface area contributed by atoms with Gasteiger partial charge < -0.3 is 15.4 Å². The first-order valence-corrected chi connectivity index (χ1v) is 7.29. The van der Waals surface area contributed by atoms with Gasteiger partial charge in [0.2, 0.25) is 0 Å². The summed E-state index contributed by atoms with van der Waals surface area (Å²) >= 11 is 3.47. The predicted octanol–water partition coefficient (Wildman–Crippen LogP) is 3.59. The van der Waals surface area contributed by atoms with E-state index in [1.807, 2.05) is 67.5 Å². The van der Waals surface area contributed by atoms with Crippen LogP contribution in [0.3, 0.4) is 0 Å². The zero-order valence-corrected chi connectivity index (χ0v) is 13.3. The van der Waals surface area contributed by atoms with Gasteiger partial charge in [0.15, 0.2) is 0 Å². The molecule has 0 fully saturated rings. The van der Waals surface area contributed by atoms with Crippen LogP contribution < -0.4 is 15.4 Å². The zero-order chi connectivity index (χ0) is 14.5. The van der Waals surface area contributed by atoms with Gasteiger partial charge in [0.25, 0.3) is 0 Å². The lowest BCUT2D eigenvalue weighted by molar-refractivity contribution is 0.214. The van der Waals surface area contributed by atoms with Crippen molar-refractivity contribution in [2.75, 3.05) is 25.5 Å². The topological polar surface area (TPSA) is 38.5 Å². The number of halogens is 1. The summed E-state index contributed by atoms with van der Waals surface area (Å²) < 4.78 is 7.05. The van der Waals surface area contributed by atoms with Gasteiger partial charge in [-0.1, -0.05) is 34.1 Å². The minimum Gasteiger partial charge on any atom is -0.484 e. The number of hydrogen-bond donors (Lipinski definition) is 1. The molecule has 2 N–H and O–H groups in total. The third-order valence-corrected chi connectivity index (χ3v) is 3.54. The summed E-state index contributed by atoms with van der Waals surface area (Å²) in [4.78, 5) is 2.05. The van der Waals surface area contributed by atoms with Crippen LogP contribution in [0.25, 0.3) is 0 Å². The fraction of sp³-hybridized carbons (Fsp3) is 0.250. The summed E-state index contributed by atoms with van der Waals surface area (Å²) in [5.74, 6) is 0.826. The molecule has 0 saturated heterocycles. The summed E-state index contributed by atoms with van der Waals surface area (Å²) in [5, 5.41) is 0.